The molecule has 2 saturated heterocycles. The summed E-state index contributed by atoms with van der Waals surface area (Å²) in [5.41, 5.74) is 2.38. The molecular formula is C27H33N7O3. The molecule has 3 aromatic rings. The molecule has 4 N–H and O–H groups in total. The zero-order valence-corrected chi connectivity index (χ0v) is 21.1. The molecule has 0 bridgehead atoms. The Labute approximate surface area is 216 Å². The Balaban J connectivity index is 1.36. The third-order valence-electron chi connectivity index (χ3n) is 6.85. The standard InChI is InChI=1S/C27H33N7O3/c1-18-16-19(28-24(37)21-10-9-20(35)17-23(21)36)8-11-22(18)29-25-30-26(33-12-4-2-5-13-33)32-27(31-25)34-14-6-3-7-15-34/h8-11,16-17,35-36H,2-7,12-15H2,1H3,(H,28,37)(H,29,30,31,32). The molecule has 2 fully saturated rings. The number of anilines is 5. The van der Waals surface area contributed by atoms with E-state index in [4.69, 9.17) is 15.0 Å². The van der Waals surface area contributed by atoms with Crippen LogP contribution >= 0.6 is 0 Å². The fourth-order valence-corrected chi connectivity index (χ4v) is 4.79. The van der Waals surface area contributed by atoms with Crippen molar-refractivity contribution in [1.82, 2.24) is 15.0 Å². The van der Waals surface area contributed by atoms with Crippen LogP contribution in [0.2, 0.25) is 0 Å². The van der Waals surface area contributed by atoms with Gasteiger partial charge in [0.2, 0.25) is 17.8 Å². The van der Waals surface area contributed by atoms with Crippen molar-refractivity contribution in [2.75, 3.05) is 46.6 Å². The van der Waals surface area contributed by atoms with Crippen molar-refractivity contribution in [3.8, 4) is 11.5 Å². The van der Waals surface area contributed by atoms with Crippen molar-refractivity contribution in [2.45, 2.75) is 45.4 Å². The monoisotopic (exact) mass is 503 g/mol. The number of phenolic OH excluding ortho intramolecular Hbond substituents is 2. The predicted octanol–water partition coefficient (Wildman–Crippen LogP) is 4.57. The van der Waals surface area contributed by atoms with Gasteiger partial charge in [0.05, 0.1) is 5.56 Å². The summed E-state index contributed by atoms with van der Waals surface area (Å²) in [7, 11) is 0. The first-order valence-corrected chi connectivity index (χ1v) is 12.9. The van der Waals surface area contributed by atoms with E-state index in [1.807, 2.05) is 19.1 Å². The molecule has 10 heteroatoms. The van der Waals surface area contributed by atoms with Crippen molar-refractivity contribution in [2.24, 2.45) is 0 Å². The highest BCUT2D eigenvalue weighted by atomic mass is 16.3. The van der Waals surface area contributed by atoms with Crippen LogP contribution in [0.4, 0.5) is 29.2 Å². The van der Waals surface area contributed by atoms with Gasteiger partial charge in [0.15, 0.2) is 0 Å². The second-order valence-electron chi connectivity index (χ2n) is 9.66. The summed E-state index contributed by atoms with van der Waals surface area (Å²) in [6, 6.07) is 9.37. The summed E-state index contributed by atoms with van der Waals surface area (Å²) >= 11 is 0. The summed E-state index contributed by atoms with van der Waals surface area (Å²) in [5, 5.41) is 25.6. The lowest BCUT2D eigenvalue weighted by molar-refractivity contribution is 0.102. The number of aryl methyl sites for hydroxylation is 1. The Morgan fingerprint density at radius 2 is 1.43 bits per heavy atom. The fourth-order valence-electron chi connectivity index (χ4n) is 4.79. The molecule has 3 heterocycles. The van der Waals surface area contributed by atoms with E-state index in [1.54, 1.807) is 6.07 Å². The summed E-state index contributed by atoms with van der Waals surface area (Å²) in [4.78, 5) is 31.5. The lowest BCUT2D eigenvalue weighted by Gasteiger charge is -2.30. The second-order valence-corrected chi connectivity index (χ2v) is 9.66. The summed E-state index contributed by atoms with van der Waals surface area (Å²) in [6.07, 6.45) is 7.03. The Morgan fingerprint density at radius 3 is 2.00 bits per heavy atom. The molecular weight excluding hydrogens is 470 g/mol. The van der Waals surface area contributed by atoms with E-state index in [9.17, 15) is 15.0 Å². The number of aromatic hydroxyl groups is 2. The number of rotatable bonds is 6. The number of aromatic nitrogens is 3. The lowest BCUT2D eigenvalue weighted by atomic mass is 10.1. The molecule has 5 rings (SSSR count). The molecule has 0 saturated carbocycles. The molecule has 0 aliphatic carbocycles. The highest BCUT2D eigenvalue weighted by Crippen LogP contribution is 2.28. The lowest BCUT2D eigenvalue weighted by Crippen LogP contribution is -2.34. The van der Waals surface area contributed by atoms with Gasteiger partial charge in [-0.15, -0.1) is 0 Å². The first-order chi connectivity index (χ1) is 18.0. The van der Waals surface area contributed by atoms with Gasteiger partial charge in [0, 0.05) is 43.6 Å². The second kappa shape index (κ2) is 10.9. The number of carbonyl (C=O) groups excluding carboxylic acids is 1. The fraction of sp³-hybridized carbons (Fsp3) is 0.407. The number of phenols is 2. The normalized spacial score (nSPS) is 15.9. The molecule has 1 amide bonds. The molecule has 0 spiro atoms. The quantitative estimate of drug-likeness (QED) is 0.383. The van der Waals surface area contributed by atoms with Gasteiger partial charge >= 0.3 is 0 Å². The Morgan fingerprint density at radius 1 is 0.811 bits per heavy atom. The van der Waals surface area contributed by atoms with Crippen molar-refractivity contribution >= 4 is 35.1 Å². The number of carbonyl (C=O) groups is 1. The van der Waals surface area contributed by atoms with E-state index in [2.05, 4.69) is 20.4 Å². The average Bonchev–Trinajstić information content (AvgIpc) is 2.91. The Kier molecular flexibility index (Phi) is 7.25. The van der Waals surface area contributed by atoms with E-state index in [0.717, 1.165) is 69.2 Å². The van der Waals surface area contributed by atoms with Crippen LogP contribution in [-0.4, -0.2) is 57.3 Å². The minimum Gasteiger partial charge on any atom is -0.508 e. The maximum atomic E-state index is 12.6. The zero-order valence-electron chi connectivity index (χ0n) is 21.1. The SMILES string of the molecule is Cc1cc(NC(=O)c2ccc(O)cc2O)ccc1Nc1nc(N2CCCCC2)nc(N2CCCCC2)n1. The van der Waals surface area contributed by atoms with Gasteiger partial charge in [-0.25, -0.2) is 0 Å². The molecule has 1 aromatic heterocycles. The third-order valence-corrected chi connectivity index (χ3v) is 6.85. The summed E-state index contributed by atoms with van der Waals surface area (Å²) < 4.78 is 0. The van der Waals surface area contributed by atoms with E-state index in [1.165, 1.54) is 25.0 Å². The van der Waals surface area contributed by atoms with Gasteiger partial charge in [0.25, 0.3) is 5.91 Å². The predicted molar refractivity (Wildman–Crippen MR) is 144 cm³/mol. The van der Waals surface area contributed by atoms with Crippen LogP contribution < -0.4 is 20.4 Å². The van der Waals surface area contributed by atoms with Crippen LogP contribution in [0, 0.1) is 6.92 Å². The topological polar surface area (TPSA) is 127 Å². The van der Waals surface area contributed by atoms with E-state index < -0.39 is 5.91 Å². The van der Waals surface area contributed by atoms with Crippen LogP contribution in [0.3, 0.4) is 0 Å². The van der Waals surface area contributed by atoms with Crippen LogP contribution in [0.5, 0.6) is 11.5 Å². The number of nitrogens with zero attached hydrogens (tertiary/aromatic N) is 5. The molecule has 0 atom stereocenters. The first-order valence-electron chi connectivity index (χ1n) is 12.9. The number of benzene rings is 2. The molecule has 2 aliphatic rings. The van der Waals surface area contributed by atoms with Gasteiger partial charge in [-0.2, -0.15) is 15.0 Å². The average molecular weight is 504 g/mol. The van der Waals surface area contributed by atoms with E-state index in [0.29, 0.717) is 23.5 Å². The highest BCUT2D eigenvalue weighted by molar-refractivity contribution is 6.06. The summed E-state index contributed by atoms with van der Waals surface area (Å²) in [5.74, 6) is 1.08. The first kappa shape index (κ1) is 24.6. The Bertz CT molecular complexity index is 1230. The molecule has 194 valence electrons. The van der Waals surface area contributed by atoms with Crippen LogP contribution in [0.1, 0.15) is 54.4 Å². The molecule has 2 aliphatic heterocycles. The number of amides is 1. The summed E-state index contributed by atoms with van der Waals surface area (Å²) in [6.45, 7) is 5.74. The van der Waals surface area contributed by atoms with Crippen molar-refractivity contribution in [3.05, 3.63) is 47.5 Å². The van der Waals surface area contributed by atoms with Crippen molar-refractivity contribution < 1.29 is 15.0 Å². The van der Waals surface area contributed by atoms with Gasteiger partial charge < -0.3 is 30.6 Å². The number of nitrogens with one attached hydrogen (secondary N) is 2. The van der Waals surface area contributed by atoms with E-state index in [-0.39, 0.29) is 17.1 Å². The third kappa shape index (κ3) is 5.84. The van der Waals surface area contributed by atoms with Gasteiger partial charge in [-0.3, -0.25) is 4.79 Å². The number of piperidine rings is 2. The number of hydrogen-bond donors (Lipinski definition) is 4. The molecule has 37 heavy (non-hydrogen) atoms. The maximum Gasteiger partial charge on any atom is 0.259 e. The maximum absolute atomic E-state index is 12.6. The van der Waals surface area contributed by atoms with Crippen molar-refractivity contribution in [1.29, 1.82) is 0 Å². The van der Waals surface area contributed by atoms with Crippen LogP contribution in [-0.2, 0) is 0 Å². The van der Waals surface area contributed by atoms with Crippen LogP contribution in [0.25, 0.3) is 0 Å². The van der Waals surface area contributed by atoms with Crippen LogP contribution in [0.15, 0.2) is 36.4 Å². The molecule has 0 radical (unpaired) electrons. The van der Waals surface area contributed by atoms with Gasteiger partial charge in [-0.05, 0) is 81.3 Å². The highest BCUT2D eigenvalue weighted by Gasteiger charge is 2.21. The molecule has 10 nitrogen and oxygen atoms in total. The minimum atomic E-state index is -0.465. The minimum absolute atomic E-state index is 0.0818. The smallest absolute Gasteiger partial charge is 0.259 e. The van der Waals surface area contributed by atoms with Gasteiger partial charge in [-0.1, -0.05) is 0 Å². The number of hydrogen-bond acceptors (Lipinski definition) is 9. The molecule has 0 unspecified atom stereocenters. The van der Waals surface area contributed by atoms with Gasteiger partial charge in [0.1, 0.15) is 11.5 Å². The largest absolute Gasteiger partial charge is 0.508 e. The zero-order chi connectivity index (χ0) is 25.8. The van der Waals surface area contributed by atoms with E-state index >= 15 is 0 Å². The molecule has 2 aromatic carbocycles. The van der Waals surface area contributed by atoms with Crippen molar-refractivity contribution in [3.63, 3.8) is 0 Å². The Hall–Kier alpha value is -4.08.